The average Bonchev–Trinajstić information content (AvgIpc) is 2.37. The Bertz CT molecular complexity index is 335. The van der Waals surface area contributed by atoms with Gasteiger partial charge in [-0.3, -0.25) is 0 Å². The first-order valence-electron chi connectivity index (χ1n) is 7.92. The van der Waals surface area contributed by atoms with E-state index >= 15 is 0 Å². The van der Waals surface area contributed by atoms with Crippen LogP contribution in [0.4, 0.5) is 13.2 Å². The van der Waals surface area contributed by atoms with E-state index in [1.165, 1.54) is 12.8 Å². The van der Waals surface area contributed by atoms with E-state index < -0.39 is 18.2 Å². The largest absolute Gasteiger partial charge is 0.391 e. The molecule has 1 nitrogen and oxygen atoms in total. The summed E-state index contributed by atoms with van der Waals surface area (Å²) < 4.78 is 38.5. The van der Waals surface area contributed by atoms with Crippen molar-refractivity contribution in [1.29, 1.82) is 0 Å². The Kier molecular flexibility index (Phi) is 5.53. The number of allylic oxidation sites excluding steroid dienone is 1. The second-order valence-corrected chi connectivity index (χ2v) is 6.34. The van der Waals surface area contributed by atoms with Gasteiger partial charge in [-0.15, -0.1) is 0 Å². The molecule has 116 valence electrons. The van der Waals surface area contributed by atoms with Gasteiger partial charge in [0.25, 0.3) is 0 Å². The lowest BCUT2D eigenvalue weighted by Crippen LogP contribution is -2.34. The van der Waals surface area contributed by atoms with Crippen molar-refractivity contribution in [2.45, 2.75) is 76.5 Å². The number of halogens is 3. The third-order valence-corrected chi connectivity index (χ3v) is 4.83. The number of alkyl halides is 3. The van der Waals surface area contributed by atoms with Crippen molar-refractivity contribution in [2.75, 3.05) is 0 Å². The highest BCUT2D eigenvalue weighted by molar-refractivity contribution is 5.11. The zero-order chi connectivity index (χ0) is 14.6. The number of hydrogen-bond donors (Lipinski definition) is 1. The Hall–Kier alpha value is -0.510. The van der Waals surface area contributed by atoms with Gasteiger partial charge in [0, 0.05) is 0 Å². The van der Waals surface area contributed by atoms with Crippen molar-refractivity contribution in [3.63, 3.8) is 0 Å². The molecule has 2 aliphatic carbocycles. The molecule has 3 unspecified atom stereocenters. The van der Waals surface area contributed by atoms with E-state index in [1.54, 1.807) is 0 Å². The van der Waals surface area contributed by atoms with Crippen LogP contribution in [0.25, 0.3) is 0 Å². The molecule has 0 aliphatic heterocycles. The average molecular weight is 290 g/mol. The molecule has 0 aromatic rings. The fourth-order valence-electron chi connectivity index (χ4n) is 3.60. The van der Waals surface area contributed by atoms with Gasteiger partial charge in [0.2, 0.25) is 0 Å². The topological polar surface area (TPSA) is 20.2 Å². The normalized spacial score (nSPS) is 31.1. The molecule has 0 saturated heterocycles. The Morgan fingerprint density at radius 3 is 2.55 bits per heavy atom. The molecule has 3 atom stereocenters. The maximum Gasteiger partial charge on any atom is 0.391 e. The lowest BCUT2D eigenvalue weighted by Gasteiger charge is -2.34. The van der Waals surface area contributed by atoms with Crippen molar-refractivity contribution >= 4 is 0 Å². The summed E-state index contributed by atoms with van der Waals surface area (Å²) in [6, 6.07) is 0. The minimum Gasteiger partial charge on any atom is -0.388 e. The summed E-state index contributed by atoms with van der Waals surface area (Å²) in [5, 5.41) is 10.5. The molecule has 0 bridgehead atoms. The lowest BCUT2D eigenvalue weighted by atomic mass is 9.75. The summed E-state index contributed by atoms with van der Waals surface area (Å²) in [4.78, 5) is 0. The molecule has 0 aromatic carbocycles. The number of aliphatic hydroxyl groups excluding tert-OH is 1. The minimum atomic E-state index is -4.10. The third-order valence-electron chi connectivity index (χ3n) is 4.83. The highest BCUT2D eigenvalue weighted by Gasteiger charge is 2.43. The molecule has 0 aromatic heterocycles. The van der Waals surface area contributed by atoms with E-state index in [2.05, 4.69) is 6.08 Å². The Labute approximate surface area is 119 Å². The van der Waals surface area contributed by atoms with Gasteiger partial charge in [-0.2, -0.15) is 13.2 Å². The summed E-state index contributed by atoms with van der Waals surface area (Å²) in [5.74, 6) is -1.42. The fourth-order valence-corrected chi connectivity index (χ4v) is 3.60. The Morgan fingerprint density at radius 2 is 1.80 bits per heavy atom. The third kappa shape index (κ3) is 4.24. The predicted molar refractivity (Wildman–Crippen MR) is 73.3 cm³/mol. The molecule has 20 heavy (non-hydrogen) atoms. The maximum atomic E-state index is 12.8. The standard InChI is InChI=1S/C16H25F3O/c17-16(18,19)14-10-6-9-13(11-14)15(20)12-7-4-2-1-3-5-8-12/h7,13-15,20H,1-6,8-11H2. The molecule has 0 heterocycles. The number of hydrogen-bond acceptors (Lipinski definition) is 1. The van der Waals surface area contributed by atoms with Gasteiger partial charge in [0.15, 0.2) is 0 Å². The SMILES string of the molecule is OC(C1=CCCCCCC1)C1CCCC(C(F)(F)F)C1. The van der Waals surface area contributed by atoms with Crippen LogP contribution in [0.15, 0.2) is 11.6 Å². The quantitative estimate of drug-likeness (QED) is 0.710. The second kappa shape index (κ2) is 6.97. The highest BCUT2D eigenvalue weighted by Crippen LogP contribution is 2.42. The van der Waals surface area contributed by atoms with Crippen LogP contribution in [-0.2, 0) is 0 Å². The van der Waals surface area contributed by atoms with Crippen molar-refractivity contribution < 1.29 is 18.3 Å². The van der Waals surface area contributed by atoms with Gasteiger partial charge in [-0.1, -0.05) is 25.3 Å². The van der Waals surface area contributed by atoms with E-state index in [9.17, 15) is 18.3 Å². The number of aliphatic hydroxyl groups is 1. The summed E-state index contributed by atoms with van der Waals surface area (Å²) in [6.07, 6.45) is 5.35. The summed E-state index contributed by atoms with van der Waals surface area (Å²) in [6.45, 7) is 0. The molecule has 0 radical (unpaired) electrons. The molecule has 1 saturated carbocycles. The molecule has 2 rings (SSSR count). The highest BCUT2D eigenvalue weighted by atomic mass is 19.4. The summed E-state index contributed by atoms with van der Waals surface area (Å²) in [5.41, 5.74) is 0.998. The molecule has 1 fully saturated rings. The molecule has 0 amide bonds. The van der Waals surface area contributed by atoms with Crippen molar-refractivity contribution in [3.8, 4) is 0 Å². The van der Waals surface area contributed by atoms with Crippen molar-refractivity contribution in [1.82, 2.24) is 0 Å². The van der Waals surface area contributed by atoms with Gasteiger partial charge in [-0.05, 0) is 56.4 Å². The maximum absolute atomic E-state index is 12.8. The molecular formula is C16H25F3O. The number of rotatable bonds is 2. The fraction of sp³-hybridized carbons (Fsp3) is 0.875. The molecule has 1 N–H and O–H groups in total. The molecular weight excluding hydrogens is 265 g/mol. The van der Waals surface area contributed by atoms with E-state index in [1.807, 2.05) is 0 Å². The van der Waals surface area contributed by atoms with Crippen LogP contribution < -0.4 is 0 Å². The molecule has 4 heteroatoms. The van der Waals surface area contributed by atoms with Crippen LogP contribution in [0, 0.1) is 11.8 Å². The zero-order valence-electron chi connectivity index (χ0n) is 12.0. The van der Waals surface area contributed by atoms with Crippen LogP contribution in [0.1, 0.15) is 64.2 Å². The smallest absolute Gasteiger partial charge is 0.388 e. The van der Waals surface area contributed by atoms with Crippen molar-refractivity contribution in [3.05, 3.63) is 11.6 Å². The van der Waals surface area contributed by atoms with E-state index in [4.69, 9.17) is 0 Å². The Morgan fingerprint density at radius 1 is 1.05 bits per heavy atom. The van der Waals surface area contributed by atoms with Gasteiger partial charge in [0.05, 0.1) is 12.0 Å². The monoisotopic (exact) mass is 290 g/mol. The first kappa shape index (κ1) is 15.9. The van der Waals surface area contributed by atoms with Gasteiger partial charge in [-0.25, -0.2) is 0 Å². The van der Waals surface area contributed by atoms with E-state index in [0.717, 1.165) is 37.7 Å². The lowest BCUT2D eigenvalue weighted by molar-refractivity contribution is -0.188. The minimum absolute atomic E-state index is 0.0992. The first-order valence-corrected chi connectivity index (χ1v) is 7.92. The van der Waals surface area contributed by atoms with Crippen LogP contribution in [0.3, 0.4) is 0 Å². The van der Waals surface area contributed by atoms with Gasteiger partial charge >= 0.3 is 6.18 Å². The van der Waals surface area contributed by atoms with Crippen LogP contribution in [0.5, 0.6) is 0 Å². The van der Waals surface area contributed by atoms with E-state index in [-0.39, 0.29) is 18.8 Å². The molecule has 0 spiro atoms. The molecule has 2 aliphatic rings. The van der Waals surface area contributed by atoms with Crippen LogP contribution in [0.2, 0.25) is 0 Å². The van der Waals surface area contributed by atoms with Crippen molar-refractivity contribution in [2.24, 2.45) is 11.8 Å². The van der Waals surface area contributed by atoms with Crippen LogP contribution >= 0.6 is 0 Å². The van der Waals surface area contributed by atoms with Gasteiger partial charge < -0.3 is 5.11 Å². The van der Waals surface area contributed by atoms with Crippen LogP contribution in [-0.4, -0.2) is 17.4 Å². The zero-order valence-corrected chi connectivity index (χ0v) is 12.0. The van der Waals surface area contributed by atoms with Gasteiger partial charge in [0.1, 0.15) is 0 Å². The second-order valence-electron chi connectivity index (χ2n) is 6.34. The Balaban J connectivity index is 1.98. The summed E-state index contributed by atoms with van der Waals surface area (Å²) >= 11 is 0. The summed E-state index contributed by atoms with van der Waals surface area (Å²) in [7, 11) is 0. The van der Waals surface area contributed by atoms with E-state index in [0.29, 0.717) is 6.42 Å². The predicted octanol–water partition coefficient (Wildman–Crippen LogP) is 5.00. The first-order chi connectivity index (χ1) is 9.48.